The molecule has 2 heterocycles. The highest BCUT2D eigenvalue weighted by Gasteiger charge is 2.15. The molecule has 0 saturated heterocycles. The fourth-order valence-corrected chi connectivity index (χ4v) is 3.42. The van der Waals surface area contributed by atoms with Crippen LogP contribution in [-0.4, -0.2) is 15.2 Å². The number of thiazole rings is 1. The molecule has 0 unspecified atom stereocenters. The topological polar surface area (TPSA) is 38.7 Å². The van der Waals surface area contributed by atoms with Crippen molar-refractivity contribution in [3.8, 4) is 10.7 Å². The molecule has 1 aliphatic rings. The monoisotopic (exact) mass is 259 g/mol. The largest absolute Gasteiger partial charge is 0.239 e. The van der Waals surface area contributed by atoms with Gasteiger partial charge < -0.3 is 0 Å². The molecule has 0 N–H and O–H groups in total. The Kier molecular flexibility index (Phi) is 3.64. The maximum atomic E-state index is 4.66. The predicted octanol–water partition coefficient (Wildman–Crippen LogP) is 3.72. The first kappa shape index (κ1) is 11.8. The summed E-state index contributed by atoms with van der Waals surface area (Å²) in [4.78, 5) is 4.66. The zero-order valence-corrected chi connectivity index (χ0v) is 11.2. The molecular formula is C14H17N3S. The summed E-state index contributed by atoms with van der Waals surface area (Å²) in [7, 11) is 0. The lowest BCUT2D eigenvalue weighted by molar-refractivity contribution is 0.501. The van der Waals surface area contributed by atoms with Crippen LogP contribution in [0.3, 0.4) is 0 Å². The van der Waals surface area contributed by atoms with E-state index in [1.165, 1.54) is 37.8 Å². The Hall–Kier alpha value is -1.29. The van der Waals surface area contributed by atoms with E-state index in [-0.39, 0.29) is 0 Å². The number of nitrogens with zero attached hydrogens (tertiary/aromatic N) is 3. The minimum absolute atomic E-state index is 0.884. The van der Waals surface area contributed by atoms with Crippen molar-refractivity contribution in [3.63, 3.8) is 0 Å². The number of aromatic nitrogens is 3. The molecule has 2 aromatic rings. The van der Waals surface area contributed by atoms with Crippen molar-refractivity contribution >= 4 is 11.3 Å². The first-order valence-electron chi connectivity index (χ1n) is 6.64. The predicted molar refractivity (Wildman–Crippen MR) is 73.4 cm³/mol. The van der Waals surface area contributed by atoms with Gasteiger partial charge in [0.15, 0.2) is 0 Å². The summed E-state index contributed by atoms with van der Waals surface area (Å²) in [6, 6.07) is 3.87. The van der Waals surface area contributed by atoms with Crippen LogP contribution in [0.5, 0.6) is 0 Å². The molecule has 94 valence electrons. The summed E-state index contributed by atoms with van der Waals surface area (Å²) in [6.07, 6.45) is 9.78. The molecule has 0 amide bonds. The van der Waals surface area contributed by atoms with Gasteiger partial charge in [-0.05, 0) is 30.9 Å². The molecule has 0 atom stereocenters. The normalized spacial score (nSPS) is 16.2. The maximum absolute atomic E-state index is 4.66. The SMILES string of the molecule is c1cnnc(-c2nc(CCC3CCCC3)cs2)c1. The van der Waals surface area contributed by atoms with Gasteiger partial charge in [-0.1, -0.05) is 25.7 Å². The molecule has 4 heteroatoms. The van der Waals surface area contributed by atoms with Gasteiger partial charge in [-0.2, -0.15) is 5.10 Å². The average Bonchev–Trinajstić information content (AvgIpc) is 3.09. The summed E-state index contributed by atoms with van der Waals surface area (Å²) in [5.41, 5.74) is 2.10. The molecule has 0 bridgehead atoms. The van der Waals surface area contributed by atoms with Crippen LogP contribution >= 0.6 is 11.3 Å². The van der Waals surface area contributed by atoms with Crippen molar-refractivity contribution in [2.45, 2.75) is 38.5 Å². The van der Waals surface area contributed by atoms with Gasteiger partial charge in [0.1, 0.15) is 10.7 Å². The standard InChI is InChI=1S/C14H17N3S/c1-2-5-11(4-1)7-8-12-10-18-14(16-12)13-6-3-9-15-17-13/h3,6,9-11H,1-2,4-5,7-8H2. The van der Waals surface area contributed by atoms with E-state index in [4.69, 9.17) is 0 Å². The lowest BCUT2D eigenvalue weighted by atomic mass is 10.0. The summed E-state index contributed by atoms with van der Waals surface area (Å²) in [6.45, 7) is 0. The van der Waals surface area contributed by atoms with Crippen LogP contribution in [0, 0.1) is 5.92 Å². The molecule has 0 spiro atoms. The lowest BCUT2D eigenvalue weighted by Crippen LogP contribution is -1.96. The van der Waals surface area contributed by atoms with Gasteiger partial charge in [0.25, 0.3) is 0 Å². The molecule has 1 aliphatic carbocycles. The molecular weight excluding hydrogens is 242 g/mol. The second-order valence-corrected chi connectivity index (χ2v) is 5.80. The van der Waals surface area contributed by atoms with Gasteiger partial charge in [-0.15, -0.1) is 16.4 Å². The molecule has 2 aromatic heterocycles. The van der Waals surface area contributed by atoms with E-state index < -0.39 is 0 Å². The summed E-state index contributed by atoms with van der Waals surface area (Å²) >= 11 is 1.67. The van der Waals surface area contributed by atoms with Crippen LogP contribution in [0.4, 0.5) is 0 Å². The summed E-state index contributed by atoms with van der Waals surface area (Å²) < 4.78 is 0. The van der Waals surface area contributed by atoms with Crippen LogP contribution in [0.15, 0.2) is 23.7 Å². The van der Waals surface area contributed by atoms with Crippen molar-refractivity contribution < 1.29 is 0 Å². The smallest absolute Gasteiger partial charge is 0.144 e. The van der Waals surface area contributed by atoms with Crippen LogP contribution in [0.25, 0.3) is 10.7 Å². The molecule has 0 radical (unpaired) electrons. The zero-order valence-electron chi connectivity index (χ0n) is 10.4. The van der Waals surface area contributed by atoms with E-state index >= 15 is 0 Å². The Morgan fingerprint density at radius 2 is 2.17 bits per heavy atom. The second kappa shape index (κ2) is 5.57. The lowest BCUT2D eigenvalue weighted by Gasteiger charge is -2.05. The van der Waals surface area contributed by atoms with E-state index in [2.05, 4.69) is 20.6 Å². The van der Waals surface area contributed by atoms with E-state index in [0.717, 1.165) is 23.0 Å². The van der Waals surface area contributed by atoms with Crippen LogP contribution in [0.1, 0.15) is 37.8 Å². The molecule has 1 saturated carbocycles. The molecule has 0 aromatic carbocycles. The number of rotatable bonds is 4. The quantitative estimate of drug-likeness (QED) is 0.840. The third kappa shape index (κ3) is 2.75. The Morgan fingerprint density at radius 1 is 1.28 bits per heavy atom. The fraction of sp³-hybridized carbons (Fsp3) is 0.500. The van der Waals surface area contributed by atoms with Crippen molar-refractivity contribution in [3.05, 3.63) is 29.4 Å². The molecule has 3 nitrogen and oxygen atoms in total. The average molecular weight is 259 g/mol. The molecule has 18 heavy (non-hydrogen) atoms. The first-order chi connectivity index (χ1) is 8.92. The van der Waals surface area contributed by atoms with Crippen LogP contribution in [-0.2, 0) is 6.42 Å². The van der Waals surface area contributed by atoms with Crippen molar-refractivity contribution in [2.75, 3.05) is 0 Å². The second-order valence-electron chi connectivity index (χ2n) is 4.94. The molecule has 0 aliphatic heterocycles. The van der Waals surface area contributed by atoms with Crippen molar-refractivity contribution in [1.29, 1.82) is 0 Å². The Bertz CT molecular complexity index is 489. The van der Waals surface area contributed by atoms with Crippen molar-refractivity contribution in [1.82, 2.24) is 15.2 Å². The highest BCUT2D eigenvalue weighted by molar-refractivity contribution is 7.13. The van der Waals surface area contributed by atoms with Gasteiger partial charge in [0.2, 0.25) is 0 Å². The van der Waals surface area contributed by atoms with Crippen LogP contribution in [0.2, 0.25) is 0 Å². The maximum Gasteiger partial charge on any atom is 0.144 e. The number of hydrogen-bond acceptors (Lipinski definition) is 4. The Labute approximate surface area is 111 Å². The van der Waals surface area contributed by atoms with Gasteiger partial charge in [-0.3, -0.25) is 0 Å². The third-order valence-electron chi connectivity index (χ3n) is 3.63. The van der Waals surface area contributed by atoms with Gasteiger partial charge >= 0.3 is 0 Å². The zero-order chi connectivity index (χ0) is 12.2. The summed E-state index contributed by atoms with van der Waals surface area (Å²) in [5, 5.41) is 11.1. The number of hydrogen-bond donors (Lipinski definition) is 0. The minimum atomic E-state index is 0.884. The van der Waals surface area contributed by atoms with Gasteiger partial charge in [-0.25, -0.2) is 4.98 Å². The van der Waals surface area contributed by atoms with E-state index in [0.29, 0.717) is 0 Å². The minimum Gasteiger partial charge on any atom is -0.239 e. The third-order valence-corrected chi connectivity index (χ3v) is 4.54. The Balaban J connectivity index is 1.63. The van der Waals surface area contributed by atoms with Crippen LogP contribution < -0.4 is 0 Å². The van der Waals surface area contributed by atoms with E-state index in [1.54, 1.807) is 17.5 Å². The molecule has 3 rings (SSSR count). The highest BCUT2D eigenvalue weighted by atomic mass is 32.1. The van der Waals surface area contributed by atoms with E-state index in [1.807, 2.05) is 12.1 Å². The van der Waals surface area contributed by atoms with E-state index in [9.17, 15) is 0 Å². The molecule has 1 fully saturated rings. The fourth-order valence-electron chi connectivity index (χ4n) is 2.61. The highest BCUT2D eigenvalue weighted by Crippen LogP contribution is 2.29. The first-order valence-corrected chi connectivity index (χ1v) is 7.52. The summed E-state index contributed by atoms with van der Waals surface area (Å²) in [5.74, 6) is 0.937. The van der Waals surface area contributed by atoms with Crippen molar-refractivity contribution in [2.24, 2.45) is 5.92 Å². The number of aryl methyl sites for hydroxylation is 1. The Morgan fingerprint density at radius 3 is 2.94 bits per heavy atom. The van der Waals surface area contributed by atoms with Gasteiger partial charge in [0, 0.05) is 11.6 Å². The van der Waals surface area contributed by atoms with Gasteiger partial charge in [0.05, 0.1) is 5.69 Å².